The van der Waals surface area contributed by atoms with Gasteiger partial charge in [0, 0.05) is 6.20 Å². The summed E-state index contributed by atoms with van der Waals surface area (Å²) in [7, 11) is 0. The summed E-state index contributed by atoms with van der Waals surface area (Å²) in [4.78, 5) is 25.6. The molecule has 0 unspecified atom stereocenters. The van der Waals surface area contributed by atoms with Crippen LogP contribution in [0.1, 0.15) is 22.5 Å². The van der Waals surface area contributed by atoms with E-state index in [0.717, 1.165) is 0 Å². The number of nitrogens with one attached hydrogen (secondary N) is 1. The van der Waals surface area contributed by atoms with Crippen molar-refractivity contribution in [2.24, 2.45) is 0 Å². The van der Waals surface area contributed by atoms with Gasteiger partial charge in [-0.25, -0.2) is 4.79 Å². The highest BCUT2D eigenvalue weighted by molar-refractivity contribution is 5.87. The van der Waals surface area contributed by atoms with Crippen molar-refractivity contribution in [2.45, 2.75) is 13.0 Å². The summed E-state index contributed by atoms with van der Waals surface area (Å²) in [5, 5.41) is 11.3. The number of hydrogen-bond donors (Lipinski definition) is 2. The van der Waals surface area contributed by atoms with Crippen molar-refractivity contribution in [2.75, 3.05) is 0 Å². The molecule has 16 heavy (non-hydrogen) atoms. The van der Waals surface area contributed by atoms with E-state index in [0.29, 0.717) is 5.69 Å². The third-order valence-electron chi connectivity index (χ3n) is 1.79. The Balaban J connectivity index is 2.61. The number of amides is 1. The number of rotatable bonds is 4. The SMILES string of the molecule is C#CCC(=O)NCc1cc(C(=O)O)ccn1. The summed E-state index contributed by atoms with van der Waals surface area (Å²) >= 11 is 0. The first-order chi connectivity index (χ1) is 7.63. The summed E-state index contributed by atoms with van der Waals surface area (Å²) in [5.41, 5.74) is 0.612. The summed E-state index contributed by atoms with van der Waals surface area (Å²) in [6.45, 7) is 0.168. The van der Waals surface area contributed by atoms with Crippen LogP contribution in [0.2, 0.25) is 0 Å². The maximum Gasteiger partial charge on any atom is 0.335 e. The fourth-order valence-electron chi connectivity index (χ4n) is 1.05. The van der Waals surface area contributed by atoms with Crippen LogP contribution in [0, 0.1) is 12.3 Å². The van der Waals surface area contributed by atoms with E-state index < -0.39 is 5.97 Å². The predicted molar refractivity (Wildman–Crippen MR) is 56.5 cm³/mol. The lowest BCUT2D eigenvalue weighted by molar-refractivity contribution is -0.120. The van der Waals surface area contributed by atoms with Gasteiger partial charge in [0.05, 0.1) is 24.2 Å². The van der Waals surface area contributed by atoms with Crippen LogP contribution in [0.5, 0.6) is 0 Å². The molecule has 1 aromatic rings. The predicted octanol–water partition coefficient (Wildman–Crippen LogP) is 0.419. The van der Waals surface area contributed by atoms with Crippen LogP contribution in [0.25, 0.3) is 0 Å². The molecule has 0 aromatic carbocycles. The second-order valence-electron chi connectivity index (χ2n) is 3.00. The van der Waals surface area contributed by atoms with E-state index in [1.165, 1.54) is 18.3 Å². The fourth-order valence-corrected chi connectivity index (χ4v) is 1.05. The highest BCUT2D eigenvalue weighted by atomic mass is 16.4. The third kappa shape index (κ3) is 3.42. The molecule has 2 N–H and O–H groups in total. The van der Waals surface area contributed by atoms with Crippen LogP contribution in [-0.4, -0.2) is 22.0 Å². The van der Waals surface area contributed by atoms with Gasteiger partial charge < -0.3 is 10.4 Å². The Morgan fingerprint density at radius 3 is 2.94 bits per heavy atom. The van der Waals surface area contributed by atoms with Gasteiger partial charge in [-0.2, -0.15) is 0 Å². The Labute approximate surface area is 92.5 Å². The average Bonchev–Trinajstić information content (AvgIpc) is 2.27. The van der Waals surface area contributed by atoms with Crippen molar-refractivity contribution in [3.8, 4) is 12.3 Å². The molecular weight excluding hydrogens is 208 g/mol. The maximum atomic E-state index is 11.0. The maximum absolute atomic E-state index is 11.0. The van der Waals surface area contributed by atoms with Crippen LogP contribution in [0.3, 0.4) is 0 Å². The standard InChI is InChI=1S/C11H10N2O3/c1-2-3-10(14)13-7-9-6-8(11(15)16)4-5-12-9/h1,4-6H,3,7H2,(H,13,14)(H,15,16). The van der Waals surface area contributed by atoms with Crippen molar-refractivity contribution in [3.05, 3.63) is 29.6 Å². The van der Waals surface area contributed by atoms with E-state index >= 15 is 0 Å². The second kappa shape index (κ2) is 5.51. The zero-order valence-corrected chi connectivity index (χ0v) is 8.43. The molecule has 0 saturated carbocycles. The molecular formula is C11H10N2O3. The quantitative estimate of drug-likeness (QED) is 0.718. The van der Waals surface area contributed by atoms with Crippen molar-refractivity contribution in [3.63, 3.8) is 0 Å². The van der Waals surface area contributed by atoms with Crippen molar-refractivity contribution in [1.82, 2.24) is 10.3 Å². The van der Waals surface area contributed by atoms with E-state index in [1.54, 1.807) is 0 Å². The summed E-state index contributed by atoms with van der Waals surface area (Å²) in [6, 6.07) is 2.79. The van der Waals surface area contributed by atoms with Gasteiger partial charge in [0.15, 0.2) is 0 Å². The molecule has 0 aliphatic heterocycles. The fraction of sp³-hybridized carbons (Fsp3) is 0.182. The molecule has 1 heterocycles. The molecule has 82 valence electrons. The highest BCUT2D eigenvalue weighted by Crippen LogP contribution is 2.01. The first-order valence-electron chi connectivity index (χ1n) is 4.52. The molecule has 0 fully saturated rings. The smallest absolute Gasteiger partial charge is 0.335 e. The molecule has 0 aliphatic rings. The minimum atomic E-state index is -1.03. The van der Waals surface area contributed by atoms with Gasteiger partial charge in [-0.1, -0.05) is 5.92 Å². The molecule has 0 spiro atoms. The minimum Gasteiger partial charge on any atom is -0.478 e. The molecule has 0 aliphatic carbocycles. The number of carbonyl (C=O) groups is 2. The molecule has 1 amide bonds. The number of carboxylic acid groups (broad SMARTS) is 1. The van der Waals surface area contributed by atoms with Crippen LogP contribution in [-0.2, 0) is 11.3 Å². The Morgan fingerprint density at radius 2 is 2.31 bits per heavy atom. The third-order valence-corrected chi connectivity index (χ3v) is 1.79. The number of aromatic nitrogens is 1. The van der Waals surface area contributed by atoms with Gasteiger partial charge in [-0.05, 0) is 12.1 Å². The Hall–Kier alpha value is -2.35. The number of carboxylic acids is 1. The lowest BCUT2D eigenvalue weighted by Gasteiger charge is -2.03. The zero-order chi connectivity index (χ0) is 12.0. The topological polar surface area (TPSA) is 79.3 Å². The lowest BCUT2D eigenvalue weighted by Crippen LogP contribution is -2.22. The van der Waals surface area contributed by atoms with Crippen LogP contribution >= 0.6 is 0 Å². The van der Waals surface area contributed by atoms with Crippen LogP contribution in [0.15, 0.2) is 18.3 Å². The first-order valence-corrected chi connectivity index (χ1v) is 4.52. The van der Waals surface area contributed by atoms with E-state index in [4.69, 9.17) is 11.5 Å². The second-order valence-corrected chi connectivity index (χ2v) is 3.00. The van der Waals surface area contributed by atoms with Gasteiger partial charge in [0.25, 0.3) is 0 Å². The molecule has 0 saturated heterocycles. The largest absolute Gasteiger partial charge is 0.478 e. The molecule has 1 rings (SSSR count). The number of pyridine rings is 1. The van der Waals surface area contributed by atoms with Crippen molar-refractivity contribution < 1.29 is 14.7 Å². The van der Waals surface area contributed by atoms with E-state index in [1.807, 2.05) is 0 Å². The Kier molecular flexibility index (Phi) is 4.04. The monoisotopic (exact) mass is 218 g/mol. The zero-order valence-electron chi connectivity index (χ0n) is 8.43. The number of hydrogen-bond acceptors (Lipinski definition) is 3. The number of terminal acetylenes is 1. The van der Waals surface area contributed by atoms with Gasteiger partial charge in [-0.3, -0.25) is 9.78 Å². The van der Waals surface area contributed by atoms with Crippen molar-refractivity contribution >= 4 is 11.9 Å². The Morgan fingerprint density at radius 1 is 1.56 bits per heavy atom. The van der Waals surface area contributed by atoms with Gasteiger partial charge >= 0.3 is 5.97 Å². The number of carbonyl (C=O) groups excluding carboxylic acids is 1. The van der Waals surface area contributed by atoms with Gasteiger partial charge in [0.2, 0.25) is 5.91 Å². The lowest BCUT2D eigenvalue weighted by atomic mass is 10.2. The summed E-state index contributed by atoms with van der Waals surface area (Å²) in [5.74, 6) is 0.891. The van der Waals surface area contributed by atoms with E-state index in [2.05, 4.69) is 16.2 Å². The highest BCUT2D eigenvalue weighted by Gasteiger charge is 2.05. The molecule has 1 aromatic heterocycles. The number of nitrogens with zero attached hydrogens (tertiary/aromatic N) is 1. The first kappa shape index (κ1) is 11.7. The molecule has 0 atom stereocenters. The van der Waals surface area contributed by atoms with Crippen LogP contribution in [0.4, 0.5) is 0 Å². The van der Waals surface area contributed by atoms with Crippen molar-refractivity contribution in [1.29, 1.82) is 0 Å². The normalized spacial score (nSPS) is 9.19. The average molecular weight is 218 g/mol. The molecule has 5 nitrogen and oxygen atoms in total. The van der Waals surface area contributed by atoms with E-state index in [9.17, 15) is 9.59 Å². The minimum absolute atomic E-state index is 0.00137. The van der Waals surface area contributed by atoms with E-state index in [-0.39, 0.29) is 24.4 Å². The van der Waals surface area contributed by atoms with Gasteiger partial charge in [-0.15, -0.1) is 6.42 Å². The molecule has 5 heteroatoms. The molecule has 0 radical (unpaired) electrons. The molecule has 0 bridgehead atoms. The summed E-state index contributed by atoms with van der Waals surface area (Å²) in [6.07, 6.45) is 6.34. The van der Waals surface area contributed by atoms with Crippen LogP contribution < -0.4 is 5.32 Å². The van der Waals surface area contributed by atoms with Gasteiger partial charge in [0.1, 0.15) is 0 Å². The summed E-state index contributed by atoms with van der Waals surface area (Å²) < 4.78 is 0. The number of aromatic carboxylic acids is 1. The Bertz CT molecular complexity index is 449.